The summed E-state index contributed by atoms with van der Waals surface area (Å²) < 4.78 is 10.7. The van der Waals surface area contributed by atoms with E-state index < -0.39 is 12.6 Å². The largest absolute Gasteiger partial charge is 0.483 e. The number of benzene rings is 2. The molecule has 0 radical (unpaired) electrons. The molecule has 0 saturated carbocycles. The van der Waals surface area contributed by atoms with Gasteiger partial charge < -0.3 is 19.9 Å². The second kappa shape index (κ2) is 8.73. The number of aliphatic carboxylic acids is 1. The van der Waals surface area contributed by atoms with E-state index in [9.17, 15) is 9.59 Å². The first-order valence-electron chi connectivity index (χ1n) is 7.85. The lowest BCUT2D eigenvalue weighted by molar-refractivity contribution is -0.139. The van der Waals surface area contributed by atoms with Crippen LogP contribution in [0, 0.1) is 13.8 Å². The summed E-state index contributed by atoms with van der Waals surface area (Å²) in [5, 5.41) is 11.4. The van der Waals surface area contributed by atoms with Crippen LogP contribution < -0.4 is 14.8 Å². The Morgan fingerprint density at radius 1 is 1.00 bits per heavy atom. The van der Waals surface area contributed by atoms with Crippen molar-refractivity contribution in [2.24, 2.45) is 0 Å². The lowest BCUT2D eigenvalue weighted by atomic mass is 10.1. The third-order valence-electron chi connectivity index (χ3n) is 3.51. The predicted molar refractivity (Wildman–Crippen MR) is 92.8 cm³/mol. The number of hydrogen-bond acceptors (Lipinski definition) is 4. The number of carbonyl (C=O) groups excluding carboxylic acids is 1. The summed E-state index contributed by atoms with van der Waals surface area (Å²) in [5.41, 5.74) is 2.77. The maximum Gasteiger partial charge on any atom is 0.341 e. The van der Waals surface area contributed by atoms with E-state index in [-0.39, 0.29) is 12.5 Å². The molecule has 132 valence electrons. The molecule has 0 spiro atoms. The minimum atomic E-state index is -1.04. The molecule has 2 aromatic rings. The summed E-state index contributed by atoms with van der Waals surface area (Å²) in [7, 11) is 0. The first kappa shape index (κ1) is 18.3. The number of nitrogens with one attached hydrogen (secondary N) is 1. The van der Waals surface area contributed by atoms with E-state index in [4.69, 9.17) is 14.6 Å². The maximum atomic E-state index is 12.0. The van der Waals surface area contributed by atoms with Gasteiger partial charge >= 0.3 is 5.97 Å². The zero-order valence-electron chi connectivity index (χ0n) is 14.2. The van der Waals surface area contributed by atoms with Crippen molar-refractivity contribution >= 4 is 11.9 Å². The van der Waals surface area contributed by atoms with Gasteiger partial charge in [-0.1, -0.05) is 30.3 Å². The van der Waals surface area contributed by atoms with Crippen LogP contribution in [0.15, 0.2) is 42.5 Å². The Balaban J connectivity index is 1.84. The third-order valence-corrected chi connectivity index (χ3v) is 3.51. The Kier molecular flexibility index (Phi) is 6.39. The SMILES string of the molecule is Cc1cccc(C)c1OCC(=O)NCc1cccc(OCC(=O)O)c1. The maximum absolute atomic E-state index is 12.0. The van der Waals surface area contributed by atoms with Crippen LogP contribution in [0.1, 0.15) is 16.7 Å². The second-order valence-corrected chi connectivity index (χ2v) is 5.62. The molecule has 1 amide bonds. The highest BCUT2D eigenvalue weighted by Gasteiger charge is 2.07. The van der Waals surface area contributed by atoms with Crippen molar-refractivity contribution in [3.8, 4) is 11.5 Å². The molecule has 25 heavy (non-hydrogen) atoms. The van der Waals surface area contributed by atoms with Crippen LogP contribution in [-0.4, -0.2) is 30.2 Å². The van der Waals surface area contributed by atoms with Gasteiger partial charge in [0.1, 0.15) is 11.5 Å². The molecule has 0 aliphatic carbocycles. The molecule has 0 fully saturated rings. The molecule has 0 aliphatic rings. The molecule has 2 aromatic carbocycles. The number of rotatable bonds is 8. The molecule has 0 aliphatic heterocycles. The summed E-state index contributed by atoms with van der Waals surface area (Å²) in [5.74, 6) is -0.107. The number of carbonyl (C=O) groups is 2. The number of hydrogen-bond donors (Lipinski definition) is 2. The number of ether oxygens (including phenoxy) is 2. The zero-order chi connectivity index (χ0) is 18.2. The topological polar surface area (TPSA) is 84.9 Å². The average Bonchev–Trinajstić information content (AvgIpc) is 2.58. The number of amides is 1. The molecule has 0 unspecified atom stereocenters. The van der Waals surface area contributed by atoms with Gasteiger partial charge in [-0.05, 0) is 42.7 Å². The zero-order valence-corrected chi connectivity index (χ0v) is 14.2. The molecule has 0 bridgehead atoms. The van der Waals surface area contributed by atoms with Crippen LogP contribution >= 0.6 is 0 Å². The van der Waals surface area contributed by atoms with Crippen molar-refractivity contribution in [3.63, 3.8) is 0 Å². The van der Waals surface area contributed by atoms with Gasteiger partial charge in [0.2, 0.25) is 0 Å². The Morgan fingerprint density at radius 3 is 2.36 bits per heavy atom. The number of carboxylic acids is 1. The Hall–Kier alpha value is -3.02. The monoisotopic (exact) mass is 343 g/mol. The van der Waals surface area contributed by atoms with Gasteiger partial charge in [-0.25, -0.2) is 4.79 Å². The van der Waals surface area contributed by atoms with Gasteiger partial charge in [-0.2, -0.15) is 0 Å². The minimum Gasteiger partial charge on any atom is -0.483 e. The van der Waals surface area contributed by atoms with E-state index in [1.165, 1.54) is 0 Å². The van der Waals surface area contributed by atoms with Crippen molar-refractivity contribution in [2.75, 3.05) is 13.2 Å². The minimum absolute atomic E-state index is 0.0686. The standard InChI is InChI=1S/C19H21NO5/c1-13-5-3-6-14(2)19(13)25-11-17(21)20-10-15-7-4-8-16(9-15)24-12-18(22)23/h3-9H,10-12H2,1-2H3,(H,20,21)(H,22,23). The molecular weight excluding hydrogens is 322 g/mol. The molecule has 6 heteroatoms. The van der Waals surface area contributed by atoms with E-state index >= 15 is 0 Å². The Bertz CT molecular complexity index is 737. The molecule has 2 rings (SSSR count). The van der Waals surface area contributed by atoms with E-state index in [0.717, 1.165) is 22.4 Å². The fourth-order valence-electron chi connectivity index (χ4n) is 2.31. The van der Waals surface area contributed by atoms with E-state index in [1.54, 1.807) is 18.2 Å². The molecule has 0 saturated heterocycles. The van der Waals surface area contributed by atoms with Crippen LogP contribution in [-0.2, 0) is 16.1 Å². The quantitative estimate of drug-likeness (QED) is 0.769. The average molecular weight is 343 g/mol. The Labute approximate surface area is 146 Å². The van der Waals surface area contributed by atoms with Crippen molar-refractivity contribution in [1.82, 2.24) is 5.32 Å². The van der Waals surface area contributed by atoms with Gasteiger partial charge in [0.05, 0.1) is 0 Å². The van der Waals surface area contributed by atoms with Gasteiger partial charge in [0.15, 0.2) is 13.2 Å². The number of aryl methyl sites for hydroxylation is 2. The van der Waals surface area contributed by atoms with Crippen LogP contribution in [0.4, 0.5) is 0 Å². The van der Waals surface area contributed by atoms with Gasteiger partial charge in [-0.3, -0.25) is 4.79 Å². The fraction of sp³-hybridized carbons (Fsp3) is 0.263. The lowest BCUT2D eigenvalue weighted by Gasteiger charge is -2.12. The third kappa shape index (κ3) is 5.84. The summed E-state index contributed by atoms with van der Waals surface area (Å²) in [6, 6.07) is 12.7. The van der Waals surface area contributed by atoms with E-state index in [2.05, 4.69) is 5.32 Å². The first-order chi connectivity index (χ1) is 12.0. The van der Waals surface area contributed by atoms with Crippen LogP contribution in [0.3, 0.4) is 0 Å². The highest BCUT2D eigenvalue weighted by molar-refractivity contribution is 5.77. The van der Waals surface area contributed by atoms with Gasteiger partial charge in [0.25, 0.3) is 5.91 Å². The molecule has 6 nitrogen and oxygen atoms in total. The summed E-state index contributed by atoms with van der Waals surface area (Å²) >= 11 is 0. The van der Waals surface area contributed by atoms with Crippen LogP contribution in [0.25, 0.3) is 0 Å². The normalized spacial score (nSPS) is 10.2. The number of para-hydroxylation sites is 1. The van der Waals surface area contributed by atoms with Gasteiger partial charge in [-0.15, -0.1) is 0 Å². The molecular formula is C19H21NO5. The lowest BCUT2D eigenvalue weighted by Crippen LogP contribution is -2.28. The Morgan fingerprint density at radius 2 is 1.68 bits per heavy atom. The van der Waals surface area contributed by atoms with Crippen LogP contribution in [0.5, 0.6) is 11.5 Å². The summed E-state index contributed by atoms with van der Waals surface area (Å²) in [6.07, 6.45) is 0. The van der Waals surface area contributed by atoms with Crippen molar-refractivity contribution in [2.45, 2.75) is 20.4 Å². The van der Waals surface area contributed by atoms with Crippen molar-refractivity contribution in [3.05, 3.63) is 59.2 Å². The molecule has 0 aromatic heterocycles. The number of carboxylic acid groups (broad SMARTS) is 1. The van der Waals surface area contributed by atoms with E-state index in [1.807, 2.05) is 38.1 Å². The van der Waals surface area contributed by atoms with Crippen LogP contribution in [0.2, 0.25) is 0 Å². The predicted octanol–water partition coefficient (Wildman–Crippen LogP) is 2.46. The van der Waals surface area contributed by atoms with Crippen molar-refractivity contribution in [1.29, 1.82) is 0 Å². The van der Waals surface area contributed by atoms with Crippen molar-refractivity contribution < 1.29 is 24.2 Å². The first-order valence-corrected chi connectivity index (χ1v) is 7.85. The highest BCUT2D eigenvalue weighted by Crippen LogP contribution is 2.22. The van der Waals surface area contributed by atoms with E-state index in [0.29, 0.717) is 12.3 Å². The smallest absolute Gasteiger partial charge is 0.341 e. The second-order valence-electron chi connectivity index (χ2n) is 5.62. The summed E-state index contributed by atoms with van der Waals surface area (Å²) in [6.45, 7) is 3.70. The molecule has 0 heterocycles. The van der Waals surface area contributed by atoms with Gasteiger partial charge in [0, 0.05) is 6.54 Å². The molecule has 0 atom stereocenters. The fourth-order valence-corrected chi connectivity index (χ4v) is 2.31. The highest BCUT2D eigenvalue weighted by atomic mass is 16.5. The molecule has 2 N–H and O–H groups in total. The summed E-state index contributed by atoms with van der Waals surface area (Å²) in [4.78, 5) is 22.5.